The highest BCUT2D eigenvalue weighted by molar-refractivity contribution is 7.91. The number of nitrogens with zero attached hydrogens (tertiary/aromatic N) is 2. The summed E-state index contributed by atoms with van der Waals surface area (Å²) < 4.78 is 24.2. The van der Waals surface area contributed by atoms with Crippen LogP contribution in [0.4, 0.5) is 0 Å². The number of aromatic carboxylic acids is 1. The molecule has 1 N–H and O–H groups in total. The molecule has 0 radical (unpaired) electrons. The Bertz CT molecular complexity index is 593. The molecule has 8 heteroatoms. The van der Waals surface area contributed by atoms with Crippen LogP contribution >= 0.6 is 11.6 Å². The molecule has 0 aliphatic carbocycles. The van der Waals surface area contributed by atoms with Crippen molar-refractivity contribution in [2.24, 2.45) is 0 Å². The van der Waals surface area contributed by atoms with E-state index in [4.69, 9.17) is 16.7 Å². The predicted molar refractivity (Wildman–Crippen MR) is 65.9 cm³/mol. The van der Waals surface area contributed by atoms with Crippen LogP contribution in [-0.4, -0.2) is 40.8 Å². The van der Waals surface area contributed by atoms with Gasteiger partial charge < -0.3 is 5.11 Å². The zero-order valence-corrected chi connectivity index (χ0v) is 11.3. The molecule has 1 atom stereocenters. The first-order valence-corrected chi connectivity index (χ1v) is 7.76. The van der Waals surface area contributed by atoms with Gasteiger partial charge in [0.2, 0.25) is 0 Å². The van der Waals surface area contributed by atoms with Crippen LogP contribution in [0.25, 0.3) is 0 Å². The first-order valence-electron chi connectivity index (χ1n) is 5.56. The Kier molecular flexibility index (Phi) is 3.37. The molecule has 1 aliphatic rings. The van der Waals surface area contributed by atoms with Crippen LogP contribution in [0.5, 0.6) is 0 Å². The van der Waals surface area contributed by atoms with Gasteiger partial charge in [0, 0.05) is 0 Å². The minimum atomic E-state index is -3.06. The van der Waals surface area contributed by atoms with Crippen molar-refractivity contribution in [2.45, 2.75) is 25.8 Å². The van der Waals surface area contributed by atoms with Crippen LogP contribution in [-0.2, 0) is 16.3 Å². The van der Waals surface area contributed by atoms with Crippen molar-refractivity contribution in [1.29, 1.82) is 0 Å². The lowest BCUT2D eigenvalue weighted by Gasteiger charge is -2.09. The smallest absolute Gasteiger partial charge is 0.340 e. The lowest BCUT2D eigenvalue weighted by Crippen LogP contribution is -2.13. The highest BCUT2D eigenvalue weighted by atomic mass is 35.5. The fraction of sp³-hybridized carbons (Fsp3) is 0.600. The van der Waals surface area contributed by atoms with Gasteiger partial charge in [-0.05, 0) is 12.8 Å². The maximum atomic E-state index is 11.4. The second-order valence-electron chi connectivity index (χ2n) is 4.27. The van der Waals surface area contributed by atoms with E-state index in [0.29, 0.717) is 18.5 Å². The van der Waals surface area contributed by atoms with Crippen molar-refractivity contribution in [3.8, 4) is 0 Å². The van der Waals surface area contributed by atoms with Crippen molar-refractivity contribution in [1.82, 2.24) is 9.78 Å². The molecule has 0 spiro atoms. The van der Waals surface area contributed by atoms with E-state index in [2.05, 4.69) is 5.10 Å². The third kappa shape index (κ3) is 2.24. The van der Waals surface area contributed by atoms with E-state index in [-0.39, 0.29) is 28.3 Å². The lowest BCUT2D eigenvalue weighted by molar-refractivity contribution is 0.0696. The van der Waals surface area contributed by atoms with E-state index in [9.17, 15) is 13.2 Å². The van der Waals surface area contributed by atoms with Crippen molar-refractivity contribution in [2.75, 3.05) is 11.5 Å². The van der Waals surface area contributed by atoms with Gasteiger partial charge in [0.25, 0.3) is 0 Å². The molecule has 0 unspecified atom stereocenters. The van der Waals surface area contributed by atoms with Crippen LogP contribution in [0, 0.1) is 0 Å². The summed E-state index contributed by atoms with van der Waals surface area (Å²) in [6.07, 6.45) is 0.861. The van der Waals surface area contributed by atoms with Gasteiger partial charge in [0.1, 0.15) is 10.7 Å². The maximum Gasteiger partial charge on any atom is 0.340 e. The fourth-order valence-corrected chi connectivity index (χ4v) is 4.18. The van der Waals surface area contributed by atoms with Gasteiger partial charge in [0.15, 0.2) is 9.84 Å². The Hall–Kier alpha value is -1.08. The molecule has 1 aliphatic heterocycles. The van der Waals surface area contributed by atoms with E-state index >= 15 is 0 Å². The third-order valence-electron chi connectivity index (χ3n) is 3.03. The summed E-state index contributed by atoms with van der Waals surface area (Å²) in [5.74, 6) is -1.07. The quantitative estimate of drug-likeness (QED) is 0.903. The van der Waals surface area contributed by atoms with Gasteiger partial charge in [-0.2, -0.15) is 5.10 Å². The van der Waals surface area contributed by atoms with E-state index < -0.39 is 15.8 Å². The number of sulfone groups is 1. The average Bonchev–Trinajstić information content (AvgIpc) is 2.78. The average molecular weight is 293 g/mol. The molecule has 1 fully saturated rings. The highest BCUT2D eigenvalue weighted by Crippen LogP contribution is 2.30. The molecule has 1 aromatic rings. The summed E-state index contributed by atoms with van der Waals surface area (Å²) in [5.41, 5.74) is 0.361. The Morgan fingerprint density at radius 3 is 2.67 bits per heavy atom. The number of hydrogen-bond donors (Lipinski definition) is 1. The Balaban J connectivity index is 2.44. The fourth-order valence-electron chi connectivity index (χ4n) is 2.13. The van der Waals surface area contributed by atoms with Gasteiger partial charge in [-0.3, -0.25) is 0 Å². The molecule has 1 aromatic heterocycles. The van der Waals surface area contributed by atoms with E-state index in [1.807, 2.05) is 0 Å². The summed E-state index contributed by atoms with van der Waals surface area (Å²) in [6, 6.07) is -0.360. The SMILES string of the molecule is CCc1nn([C@@H]2CCS(=O)(=O)C2)c(Cl)c1C(=O)O. The first-order chi connectivity index (χ1) is 8.35. The zero-order valence-electron chi connectivity index (χ0n) is 9.76. The number of carboxylic acid groups (broad SMARTS) is 1. The van der Waals surface area contributed by atoms with Crippen molar-refractivity contribution in [3.63, 3.8) is 0 Å². The van der Waals surface area contributed by atoms with Gasteiger partial charge in [-0.1, -0.05) is 18.5 Å². The number of hydrogen-bond acceptors (Lipinski definition) is 4. The second kappa shape index (κ2) is 4.55. The van der Waals surface area contributed by atoms with Gasteiger partial charge in [0.05, 0.1) is 23.2 Å². The summed E-state index contributed by atoms with van der Waals surface area (Å²) in [7, 11) is -3.06. The number of aromatic nitrogens is 2. The van der Waals surface area contributed by atoms with Gasteiger partial charge >= 0.3 is 5.97 Å². The van der Waals surface area contributed by atoms with Crippen LogP contribution < -0.4 is 0 Å². The number of rotatable bonds is 3. The standard InChI is InChI=1S/C10H13ClN2O4S/c1-2-7-8(10(14)15)9(11)13(12-7)6-3-4-18(16,17)5-6/h6H,2-5H2,1H3,(H,14,15)/t6-/m1/s1. The van der Waals surface area contributed by atoms with Crippen molar-refractivity contribution < 1.29 is 18.3 Å². The van der Waals surface area contributed by atoms with Crippen LogP contribution in [0.2, 0.25) is 5.15 Å². The Labute approximate surface area is 109 Å². The summed E-state index contributed by atoms with van der Waals surface area (Å²) >= 11 is 6.00. The van der Waals surface area contributed by atoms with Gasteiger partial charge in [-0.25, -0.2) is 17.9 Å². The molecule has 1 saturated heterocycles. The van der Waals surface area contributed by atoms with Crippen molar-refractivity contribution >= 4 is 27.4 Å². The third-order valence-corrected chi connectivity index (χ3v) is 5.14. The van der Waals surface area contributed by atoms with Crippen LogP contribution in [0.3, 0.4) is 0 Å². The number of carbonyl (C=O) groups is 1. The molecule has 0 saturated carbocycles. The second-order valence-corrected chi connectivity index (χ2v) is 6.86. The summed E-state index contributed by atoms with van der Waals surface area (Å²) in [6.45, 7) is 1.78. The minimum Gasteiger partial charge on any atom is -0.478 e. The Morgan fingerprint density at radius 2 is 2.28 bits per heavy atom. The predicted octanol–water partition coefficient (Wildman–Crippen LogP) is 1.16. The lowest BCUT2D eigenvalue weighted by atomic mass is 10.2. The summed E-state index contributed by atoms with van der Waals surface area (Å²) in [5, 5.41) is 13.2. The topological polar surface area (TPSA) is 89.3 Å². The molecule has 0 bridgehead atoms. The molecule has 0 amide bonds. The molecule has 6 nitrogen and oxygen atoms in total. The maximum absolute atomic E-state index is 11.4. The Morgan fingerprint density at radius 1 is 1.61 bits per heavy atom. The number of carboxylic acids is 1. The monoisotopic (exact) mass is 292 g/mol. The summed E-state index contributed by atoms with van der Waals surface area (Å²) in [4.78, 5) is 11.1. The molecule has 18 heavy (non-hydrogen) atoms. The van der Waals surface area contributed by atoms with Gasteiger partial charge in [-0.15, -0.1) is 0 Å². The molecular formula is C10H13ClN2O4S. The van der Waals surface area contributed by atoms with Crippen LogP contribution in [0.1, 0.15) is 35.4 Å². The molecule has 2 rings (SSSR count). The van der Waals surface area contributed by atoms with Crippen LogP contribution in [0.15, 0.2) is 0 Å². The molecule has 100 valence electrons. The number of halogens is 1. The molecular weight excluding hydrogens is 280 g/mol. The first kappa shape index (κ1) is 13.4. The zero-order chi connectivity index (χ0) is 13.5. The van der Waals surface area contributed by atoms with E-state index in [1.165, 1.54) is 4.68 Å². The van der Waals surface area contributed by atoms with E-state index in [0.717, 1.165) is 0 Å². The van der Waals surface area contributed by atoms with Crippen molar-refractivity contribution in [3.05, 3.63) is 16.4 Å². The number of aryl methyl sites for hydroxylation is 1. The minimum absolute atomic E-state index is 0.0152. The highest BCUT2D eigenvalue weighted by Gasteiger charge is 2.33. The largest absolute Gasteiger partial charge is 0.478 e. The molecule has 0 aromatic carbocycles. The normalized spacial score (nSPS) is 22.2. The molecule has 2 heterocycles. The van der Waals surface area contributed by atoms with E-state index in [1.54, 1.807) is 6.92 Å².